The Labute approximate surface area is 115 Å². The molecule has 0 spiro atoms. The lowest BCUT2D eigenvalue weighted by molar-refractivity contribution is -0.128. The van der Waals surface area contributed by atoms with Crippen molar-refractivity contribution in [3.63, 3.8) is 0 Å². The van der Waals surface area contributed by atoms with Crippen LogP contribution in [-0.2, 0) is 10.2 Å². The number of benzene rings is 1. The zero-order valence-corrected chi connectivity index (χ0v) is 12.3. The van der Waals surface area contributed by atoms with E-state index in [1.54, 1.807) is 6.92 Å². The molecule has 1 fully saturated rings. The molecular weight excluding hydrogens is 238 g/mol. The first-order valence-electron chi connectivity index (χ1n) is 6.89. The van der Waals surface area contributed by atoms with Crippen molar-refractivity contribution in [1.82, 2.24) is 4.90 Å². The smallest absolute Gasteiger partial charge is 0.219 e. The van der Waals surface area contributed by atoms with Crippen molar-refractivity contribution in [3.05, 3.63) is 29.8 Å². The summed E-state index contributed by atoms with van der Waals surface area (Å²) in [6.07, 6.45) is 1.04. The van der Waals surface area contributed by atoms with Crippen molar-refractivity contribution in [2.24, 2.45) is 0 Å². The number of carbonyl (C=O) groups excluding carboxylic acids is 1. The number of hydrogen-bond donors (Lipinski definition) is 0. The highest BCUT2D eigenvalue weighted by molar-refractivity contribution is 5.73. The van der Waals surface area contributed by atoms with Crippen LogP contribution >= 0.6 is 0 Å². The van der Waals surface area contributed by atoms with Gasteiger partial charge in [-0.3, -0.25) is 4.79 Å². The fourth-order valence-electron chi connectivity index (χ4n) is 2.34. The van der Waals surface area contributed by atoms with E-state index in [0.29, 0.717) is 6.54 Å². The Balaban J connectivity index is 2.03. The van der Waals surface area contributed by atoms with E-state index < -0.39 is 0 Å². The van der Waals surface area contributed by atoms with Crippen LogP contribution in [0.2, 0.25) is 0 Å². The van der Waals surface area contributed by atoms with Crippen LogP contribution in [0.4, 0.5) is 0 Å². The van der Waals surface area contributed by atoms with Crippen LogP contribution in [0.1, 0.15) is 39.7 Å². The van der Waals surface area contributed by atoms with Gasteiger partial charge < -0.3 is 9.64 Å². The van der Waals surface area contributed by atoms with Crippen molar-refractivity contribution in [1.29, 1.82) is 0 Å². The van der Waals surface area contributed by atoms with Gasteiger partial charge in [0.25, 0.3) is 0 Å². The molecule has 1 saturated heterocycles. The van der Waals surface area contributed by atoms with E-state index in [-0.39, 0.29) is 17.4 Å². The van der Waals surface area contributed by atoms with Crippen LogP contribution in [0.3, 0.4) is 0 Å². The zero-order chi connectivity index (χ0) is 14.0. The predicted molar refractivity (Wildman–Crippen MR) is 76.4 cm³/mol. The lowest BCUT2D eigenvalue weighted by atomic mass is 9.87. The van der Waals surface area contributed by atoms with Crippen LogP contribution in [0.25, 0.3) is 0 Å². The Morgan fingerprint density at radius 3 is 2.68 bits per heavy atom. The van der Waals surface area contributed by atoms with Crippen molar-refractivity contribution in [2.75, 3.05) is 13.1 Å². The average molecular weight is 261 g/mol. The molecule has 0 radical (unpaired) electrons. The molecule has 1 unspecified atom stereocenters. The summed E-state index contributed by atoms with van der Waals surface area (Å²) in [6, 6.07) is 8.26. The number of amides is 1. The standard InChI is InChI=1S/C16H23NO2/c1-12(18)17-9-8-15(11-17)19-14-7-5-6-13(10-14)16(2,3)4/h5-7,10,15H,8-9,11H2,1-4H3. The van der Waals surface area contributed by atoms with E-state index >= 15 is 0 Å². The number of ether oxygens (including phenoxy) is 1. The highest BCUT2D eigenvalue weighted by atomic mass is 16.5. The van der Waals surface area contributed by atoms with E-state index in [2.05, 4.69) is 32.9 Å². The minimum atomic E-state index is 0.124. The number of likely N-dealkylation sites (tertiary alicyclic amines) is 1. The molecule has 3 nitrogen and oxygen atoms in total. The van der Waals surface area contributed by atoms with Gasteiger partial charge in [0.2, 0.25) is 5.91 Å². The Kier molecular flexibility index (Phi) is 3.83. The third-order valence-electron chi connectivity index (χ3n) is 3.59. The molecule has 19 heavy (non-hydrogen) atoms. The van der Waals surface area contributed by atoms with Crippen molar-refractivity contribution < 1.29 is 9.53 Å². The highest BCUT2D eigenvalue weighted by Crippen LogP contribution is 2.27. The van der Waals surface area contributed by atoms with Gasteiger partial charge in [0.05, 0.1) is 6.54 Å². The molecule has 1 amide bonds. The summed E-state index contributed by atoms with van der Waals surface area (Å²) in [4.78, 5) is 13.1. The lowest BCUT2D eigenvalue weighted by Crippen LogP contribution is -2.28. The van der Waals surface area contributed by atoms with Crippen molar-refractivity contribution in [2.45, 2.75) is 45.6 Å². The topological polar surface area (TPSA) is 29.5 Å². The monoisotopic (exact) mass is 261 g/mol. The Bertz CT molecular complexity index is 462. The molecule has 104 valence electrons. The van der Waals surface area contributed by atoms with Crippen molar-refractivity contribution in [3.8, 4) is 5.75 Å². The normalized spacial score (nSPS) is 19.6. The van der Waals surface area contributed by atoms with Gasteiger partial charge in [0.15, 0.2) is 0 Å². The van der Waals surface area contributed by atoms with E-state index in [1.807, 2.05) is 17.0 Å². The fraction of sp³-hybridized carbons (Fsp3) is 0.562. The maximum absolute atomic E-state index is 11.3. The summed E-state index contributed by atoms with van der Waals surface area (Å²) in [5, 5.41) is 0. The minimum Gasteiger partial charge on any atom is -0.489 e. The summed E-state index contributed by atoms with van der Waals surface area (Å²) in [5.41, 5.74) is 1.40. The summed E-state index contributed by atoms with van der Waals surface area (Å²) < 4.78 is 6.00. The van der Waals surface area contributed by atoms with Gasteiger partial charge in [-0.15, -0.1) is 0 Å². The molecule has 3 heteroatoms. The second-order valence-corrected chi connectivity index (χ2v) is 6.27. The van der Waals surface area contributed by atoms with Gasteiger partial charge in [-0.25, -0.2) is 0 Å². The molecule has 0 aliphatic carbocycles. The molecule has 0 N–H and O–H groups in total. The minimum absolute atomic E-state index is 0.124. The maximum Gasteiger partial charge on any atom is 0.219 e. The van der Waals surface area contributed by atoms with Gasteiger partial charge >= 0.3 is 0 Å². The third kappa shape index (κ3) is 3.49. The number of rotatable bonds is 2. The van der Waals surface area contributed by atoms with E-state index in [1.165, 1.54) is 5.56 Å². The Hall–Kier alpha value is -1.51. The van der Waals surface area contributed by atoms with Gasteiger partial charge in [0, 0.05) is 19.9 Å². The molecule has 2 rings (SSSR count). The van der Waals surface area contributed by atoms with Gasteiger partial charge in [0.1, 0.15) is 11.9 Å². The predicted octanol–water partition coefficient (Wildman–Crippen LogP) is 2.98. The number of hydrogen-bond acceptors (Lipinski definition) is 2. The lowest BCUT2D eigenvalue weighted by Gasteiger charge is -2.21. The third-order valence-corrected chi connectivity index (χ3v) is 3.59. The molecule has 1 aliphatic heterocycles. The van der Waals surface area contributed by atoms with Crippen LogP contribution in [0.15, 0.2) is 24.3 Å². The average Bonchev–Trinajstić information content (AvgIpc) is 2.77. The molecule has 0 saturated carbocycles. The number of carbonyl (C=O) groups is 1. The largest absolute Gasteiger partial charge is 0.489 e. The van der Waals surface area contributed by atoms with E-state index in [4.69, 9.17) is 4.74 Å². The van der Waals surface area contributed by atoms with Crippen LogP contribution in [-0.4, -0.2) is 30.0 Å². The summed E-state index contributed by atoms with van der Waals surface area (Å²) >= 11 is 0. The summed E-state index contributed by atoms with van der Waals surface area (Å²) in [7, 11) is 0. The second kappa shape index (κ2) is 5.24. The first-order chi connectivity index (χ1) is 8.86. The SMILES string of the molecule is CC(=O)N1CCC(Oc2cccc(C(C)(C)C)c2)C1. The fourth-order valence-corrected chi connectivity index (χ4v) is 2.34. The maximum atomic E-state index is 11.3. The summed E-state index contributed by atoms with van der Waals surface area (Å²) in [5.74, 6) is 1.04. The van der Waals surface area contributed by atoms with Gasteiger partial charge in [-0.1, -0.05) is 32.9 Å². The second-order valence-electron chi connectivity index (χ2n) is 6.27. The van der Waals surface area contributed by atoms with E-state index in [0.717, 1.165) is 18.7 Å². The molecule has 0 bridgehead atoms. The van der Waals surface area contributed by atoms with Crippen LogP contribution in [0.5, 0.6) is 5.75 Å². The van der Waals surface area contributed by atoms with Crippen LogP contribution < -0.4 is 4.74 Å². The first-order valence-corrected chi connectivity index (χ1v) is 6.89. The molecular formula is C16H23NO2. The van der Waals surface area contributed by atoms with E-state index in [9.17, 15) is 4.79 Å². The first kappa shape index (κ1) is 13.9. The molecule has 1 aromatic carbocycles. The van der Waals surface area contributed by atoms with Gasteiger partial charge in [-0.05, 0) is 23.1 Å². The molecule has 1 aliphatic rings. The molecule has 1 aromatic rings. The molecule has 1 atom stereocenters. The summed E-state index contributed by atoms with van der Waals surface area (Å²) in [6.45, 7) is 9.70. The Morgan fingerprint density at radius 2 is 2.11 bits per heavy atom. The molecule has 0 aromatic heterocycles. The van der Waals surface area contributed by atoms with Gasteiger partial charge in [-0.2, -0.15) is 0 Å². The zero-order valence-electron chi connectivity index (χ0n) is 12.3. The number of nitrogens with zero attached hydrogens (tertiary/aromatic N) is 1. The van der Waals surface area contributed by atoms with Crippen molar-refractivity contribution >= 4 is 5.91 Å². The molecule has 1 heterocycles. The quantitative estimate of drug-likeness (QED) is 0.819. The highest BCUT2D eigenvalue weighted by Gasteiger charge is 2.25. The van der Waals surface area contributed by atoms with Crippen LogP contribution in [0, 0.1) is 0 Å². The Morgan fingerprint density at radius 1 is 1.37 bits per heavy atom.